The monoisotopic (exact) mass is 552 g/mol. The normalized spacial score (nSPS) is 17.4. The number of carbonyl (C=O) groups excluding carboxylic acids is 1. The smallest absolute Gasteiger partial charge is 0.411 e. The van der Waals surface area contributed by atoms with Gasteiger partial charge in [0.05, 0.1) is 6.61 Å². The van der Waals surface area contributed by atoms with E-state index in [-0.39, 0.29) is 12.5 Å². The van der Waals surface area contributed by atoms with Gasteiger partial charge in [-0.3, -0.25) is 5.32 Å². The molecule has 1 aliphatic carbocycles. The van der Waals surface area contributed by atoms with Gasteiger partial charge in [-0.1, -0.05) is 72.8 Å². The fraction of sp³-hybridized carbons (Fsp3) is 0.139. The van der Waals surface area contributed by atoms with Crippen molar-refractivity contribution in [3.63, 3.8) is 0 Å². The summed E-state index contributed by atoms with van der Waals surface area (Å²) in [5.41, 5.74) is 9.57. The molecule has 206 valence electrons. The lowest BCUT2D eigenvalue weighted by Crippen LogP contribution is -2.32. The zero-order valence-corrected chi connectivity index (χ0v) is 23.0. The van der Waals surface area contributed by atoms with Crippen LogP contribution in [0.1, 0.15) is 39.3 Å². The molecule has 5 aromatic carbocycles. The van der Waals surface area contributed by atoms with E-state index in [9.17, 15) is 4.79 Å². The van der Waals surface area contributed by atoms with Crippen LogP contribution in [0, 0.1) is 0 Å². The van der Waals surface area contributed by atoms with Crippen LogP contribution in [0.15, 0.2) is 109 Å². The van der Waals surface area contributed by atoms with Gasteiger partial charge in [-0.15, -0.1) is 0 Å². The minimum atomic E-state index is -0.798. The minimum Gasteiger partial charge on any atom is -0.456 e. The van der Waals surface area contributed by atoms with Crippen LogP contribution < -0.4 is 15.4 Å². The second-order valence-corrected chi connectivity index (χ2v) is 10.9. The summed E-state index contributed by atoms with van der Waals surface area (Å²) in [4.78, 5) is 13.0. The van der Waals surface area contributed by atoms with E-state index in [1.165, 1.54) is 22.3 Å². The molecule has 0 saturated heterocycles. The van der Waals surface area contributed by atoms with Crippen LogP contribution in [0.2, 0.25) is 0 Å². The Morgan fingerprint density at radius 1 is 0.786 bits per heavy atom. The summed E-state index contributed by atoms with van der Waals surface area (Å²) in [5.74, 6) is 1.33. The fourth-order valence-electron chi connectivity index (χ4n) is 6.74. The highest BCUT2D eigenvalue weighted by molar-refractivity contribution is 5.86. The predicted octanol–water partition coefficient (Wildman–Crippen LogP) is 8.02. The van der Waals surface area contributed by atoms with Gasteiger partial charge in [-0.2, -0.15) is 0 Å². The molecule has 1 amide bonds. The number of rotatable bonds is 4. The Bertz CT molecular complexity index is 1840. The summed E-state index contributed by atoms with van der Waals surface area (Å²) in [6, 6.07) is 36.7. The van der Waals surface area contributed by atoms with E-state index in [2.05, 4.69) is 53.1 Å². The highest BCUT2D eigenvalue weighted by atomic mass is 16.5. The van der Waals surface area contributed by atoms with E-state index in [0.717, 1.165) is 27.9 Å². The molecule has 6 heteroatoms. The van der Waals surface area contributed by atoms with Gasteiger partial charge in [0.1, 0.15) is 18.1 Å². The maximum absolute atomic E-state index is 13.0. The Hall–Kier alpha value is -5.07. The number of nitrogens with one attached hydrogen (secondary N) is 2. The number of anilines is 2. The van der Waals surface area contributed by atoms with E-state index in [1.807, 2.05) is 73.8 Å². The molecule has 3 aliphatic rings. The Labute approximate surface area is 243 Å². The molecule has 2 heterocycles. The maximum Gasteiger partial charge on any atom is 0.411 e. The first-order chi connectivity index (χ1) is 20.7. The molecule has 0 saturated carbocycles. The lowest BCUT2D eigenvalue weighted by molar-refractivity contribution is 0.0200. The number of carbonyl (C=O) groups is 1. The maximum atomic E-state index is 13.0. The third-order valence-electron chi connectivity index (χ3n) is 8.66. The van der Waals surface area contributed by atoms with Crippen LogP contribution >= 0.6 is 0 Å². The number of amides is 1. The molecule has 0 fully saturated rings. The molecule has 2 N–H and O–H groups in total. The molecule has 0 radical (unpaired) electrons. The van der Waals surface area contributed by atoms with E-state index in [1.54, 1.807) is 0 Å². The van der Waals surface area contributed by atoms with Gasteiger partial charge in [-0.25, -0.2) is 4.79 Å². The van der Waals surface area contributed by atoms with Crippen LogP contribution in [0.4, 0.5) is 16.2 Å². The molecule has 42 heavy (non-hydrogen) atoms. The Kier molecular flexibility index (Phi) is 5.59. The van der Waals surface area contributed by atoms with Gasteiger partial charge in [-0.05, 0) is 57.6 Å². The minimum absolute atomic E-state index is 0.00710. The Morgan fingerprint density at radius 2 is 1.40 bits per heavy atom. The van der Waals surface area contributed by atoms with E-state index >= 15 is 0 Å². The third-order valence-corrected chi connectivity index (χ3v) is 8.66. The molecular weight excluding hydrogens is 524 g/mol. The number of hydrogen-bond donors (Lipinski definition) is 2. The van der Waals surface area contributed by atoms with E-state index in [0.29, 0.717) is 23.8 Å². The van der Waals surface area contributed by atoms with Crippen molar-refractivity contribution in [2.75, 3.05) is 24.3 Å². The van der Waals surface area contributed by atoms with Crippen molar-refractivity contribution in [3.8, 4) is 22.6 Å². The number of hydrogen-bond acceptors (Lipinski definition) is 5. The largest absolute Gasteiger partial charge is 0.456 e. The number of fused-ring (bicyclic) bond motifs is 9. The van der Waals surface area contributed by atoms with Gasteiger partial charge in [0.2, 0.25) is 0 Å². The quantitative estimate of drug-likeness (QED) is 0.236. The highest BCUT2D eigenvalue weighted by Gasteiger charge is 2.49. The summed E-state index contributed by atoms with van der Waals surface area (Å²) in [6.45, 7) is 0.748. The van der Waals surface area contributed by atoms with Crippen molar-refractivity contribution in [1.29, 1.82) is 0 Å². The van der Waals surface area contributed by atoms with Gasteiger partial charge in [0.25, 0.3) is 0 Å². The standard InChI is InChI=1S/C36H28N2O4/c1-37-23-14-16-31-33(18-23)42-34-19-24(15-17-32(34)36(31)30-13-7-2-8-22(30)20-41-36)38-35(39)40-21-29-27-11-5-3-9-25(27)26-10-4-6-12-28(26)29/h2-19,29,37H,20-21H2,1H3,(H,38,39). The van der Waals surface area contributed by atoms with Gasteiger partial charge < -0.3 is 19.5 Å². The SMILES string of the molecule is CNc1ccc2c(c1)Oc1cc(NC(=O)OCC3c4ccccc4-c4ccccc43)ccc1C21OCc2ccccc21. The molecule has 1 atom stereocenters. The van der Waals surface area contributed by atoms with Crippen LogP contribution in [-0.4, -0.2) is 19.7 Å². The number of benzene rings is 5. The topological polar surface area (TPSA) is 68.8 Å². The van der Waals surface area contributed by atoms with Crippen LogP contribution in [0.25, 0.3) is 11.1 Å². The van der Waals surface area contributed by atoms with Crippen LogP contribution in [0.3, 0.4) is 0 Å². The molecule has 1 unspecified atom stereocenters. The lowest BCUT2D eigenvalue weighted by Gasteiger charge is -2.37. The van der Waals surface area contributed by atoms with Crippen molar-refractivity contribution < 1.29 is 19.0 Å². The first-order valence-corrected chi connectivity index (χ1v) is 14.1. The molecule has 5 aromatic rings. The molecule has 2 aliphatic heterocycles. The van der Waals surface area contributed by atoms with Crippen molar-refractivity contribution in [2.45, 2.75) is 18.1 Å². The van der Waals surface area contributed by atoms with Gasteiger partial charge in [0.15, 0.2) is 5.60 Å². The van der Waals surface area contributed by atoms with Crippen molar-refractivity contribution >= 4 is 17.5 Å². The van der Waals surface area contributed by atoms with Gasteiger partial charge >= 0.3 is 6.09 Å². The van der Waals surface area contributed by atoms with E-state index < -0.39 is 11.7 Å². The molecule has 0 aromatic heterocycles. The fourth-order valence-corrected chi connectivity index (χ4v) is 6.74. The third kappa shape index (κ3) is 3.65. The summed E-state index contributed by atoms with van der Waals surface area (Å²) in [5, 5.41) is 6.11. The first kappa shape index (κ1) is 24.7. The van der Waals surface area contributed by atoms with Crippen molar-refractivity contribution in [1.82, 2.24) is 0 Å². The predicted molar refractivity (Wildman–Crippen MR) is 162 cm³/mol. The second kappa shape index (κ2) is 9.50. The van der Waals surface area contributed by atoms with Gasteiger partial charge in [0, 0.05) is 47.6 Å². The highest BCUT2D eigenvalue weighted by Crippen LogP contribution is 2.56. The average Bonchev–Trinajstić information content (AvgIpc) is 3.56. The summed E-state index contributed by atoms with van der Waals surface area (Å²) >= 11 is 0. The Balaban J connectivity index is 1.08. The van der Waals surface area contributed by atoms with Crippen molar-refractivity contribution in [2.24, 2.45) is 0 Å². The van der Waals surface area contributed by atoms with Crippen LogP contribution in [0.5, 0.6) is 11.5 Å². The van der Waals surface area contributed by atoms with E-state index in [4.69, 9.17) is 14.2 Å². The average molecular weight is 553 g/mol. The van der Waals surface area contributed by atoms with Crippen LogP contribution in [-0.2, 0) is 21.7 Å². The summed E-state index contributed by atoms with van der Waals surface area (Å²) in [7, 11) is 1.88. The summed E-state index contributed by atoms with van der Waals surface area (Å²) in [6.07, 6.45) is -0.511. The molecular formula is C36H28N2O4. The summed E-state index contributed by atoms with van der Waals surface area (Å²) < 4.78 is 18.9. The lowest BCUT2D eigenvalue weighted by atomic mass is 9.77. The first-order valence-electron chi connectivity index (χ1n) is 14.1. The van der Waals surface area contributed by atoms with Crippen molar-refractivity contribution in [3.05, 3.63) is 143 Å². The number of ether oxygens (including phenoxy) is 3. The molecule has 0 bridgehead atoms. The molecule has 6 nitrogen and oxygen atoms in total. The molecule has 8 rings (SSSR count). The zero-order chi connectivity index (χ0) is 28.3. The zero-order valence-electron chi connectivity index (χ0n) is 23.0. The molecule has 1 spiro atoms. The second-order valence-electron chi connectivity index (χ2n) is 10.9. The Morgan fingerprint density at radius 3 is 2.12 bits per heavy atom.